The average Bonchev–Trinajstić information content (AvgIpc) is 3.68. The van der Waals surface area contributed by atoms with Gasteiger partial charge in [0.2, 0.25) is 0 Å². The van der Waals surface area contributed by atoms with Crippen molar-refractivity contribution in [3.05, 3.63) is 154 Å². The first kappa shape index (κ1) is 32.0. The Hall–Kier alpha value is -2.89. The smallest absolute Gasteiger partial charge is 0.109 e. The molecule has 0 aliphatic heterocycles. The van der Waals surface area contributed by atoms with Crippen molar-refractivity contribution in [2.75, 3.05) is 0 Å². The quantitative estimate of drug-likeness (QED) is 0.175. The zero-order chi connectivity index (χ0) is 30.3. The third-order valence-corrected chi connectivity index (χ3v) is 9.24. The molecule has 0 heterocycles. The van der Waals surface area contributed by atoms with Crippen molar-refractivity contribution >= 4 is 3.21 Å². The summed E-state index contributed by atoms with van der Waals surface area (Å²) in [6.07, 6.45) is 12.1. The number of allylic oxidation sites excluding steroid dienone is 4. The number of hydrogen-bond donors (Lipinski definition) is 0. The van der Waals surface area contributed by atoms with Gasteiger partial charge in [0, 0.05) is 0 Å². The molecule has 212 valence electrons. The Bertz CT molecular complexity index is 1480. The van der Waals surface area contributed by atoms with Crippen LogP contribution >= 0.6 is 0 Å². The molecule has 0 radical (unpaired) electrons. The molecule has 0 unspecified atom stereocenters. The van der Waals surface area contributed by atoms with Crippen LogP contribution in [0.4, 0.5) is 0 Å². The summed E-state index contributed by atoms with van der Waals surface area (Å²) in [5, 5.41) is 0. The fraction of sp³-hybridized carbons (Fsp3) is 0.293. The van der Waals surface area contributed by atoms with Gasteiger partial charge in [0.1, 0.15) is 0 Å². The van der Waals surface area contributed by atoms with Crippen LogP contribution in [0.5, 0.6) is 0 Å². The first-order valence-electron chi connectivity index (χ1n) is 15.1. The summed E-state index contributed by atoms with van der Waals surface area (Å²) in [6.45, 7) is 15.8. The summed E-state index contributed by atoms with van der Waals surface area (Å²) in [5.74, 6) is 0. The van der Waals surface area contributed by atoms with E-state index in [2.05, 4.69) is 152 Å². The second kappa shape index (κ2) is 14.1. The maximum absolute atomic E-state index is 3.53. The van der Waals surface area contributed by atoms with Gasteiger partial charge in [-0.05, 0) is 17.4 Å². The molecule has 0 bridgehead atoms. The predicted octanol–water partition coefficient (Wildman–Crippen LogP) is 10.3. The molecule has 1 heteroatoms. The Morgan fingerprint density at radius 1 is 0.762 bits per heavy atom. The van der Waals surface area contributed by atoms with Crippen molar-refractivity contribution in [2.45, 2.75) is 78.6 Å². The Balaban J connectivity index is 0.000000170. The van der Waals surface area contributed by atoms with Crippen LogP contribution < -0.4 is 0 Å². The van der Waals surface area contributed by atoms with Gasteiger partial charge in [0.15, 0.2) is 0 Å². The minimum absolute atomic E-state index is 0.177. The Morgan fingerprint density at radius 2 is 1.40 bits per heavy atom. The Labute approximate surface area is 269 Å². The molecule has 0 saturated heterocycles. The van der Waals surface area contributed by atoms with Gasteiger partial charge in [-0.1, -0.05) is 76.3 Å². The summed E-state index contributed by atoms with van der Waals surface area (Å²) in [7, 11) is 0. The van der Waals surface area contributed by atoms with Gasteiger partial charge in [-0.2, -0.15) is 35.4 Å². The molecule has 2 aliphatic carbocycles. The second-order valence-electron chi connectivity index (χ2n) is 13.1. The summed E-state index contributed by atoms with van der Waals surface area (Å²) in [6, 6.07) is 34.6. The van der Waals surface area contributed by atoms with Gasteiger partial charge in [-0.15, -0.1) is 12.0 Å². The minimum Gasteiger partial charge on any atom is -0.273 e. The van der Waals surface area contributed by atoms with Crippen molar-refractivity contribution in [2.24, 2.45) is 0 Å². The van der Waals surface area contributed by atoms with E-state index in [1.54, 1.807) is 0 Å². The number of benzene rings is 4. The van der Waals surface area contributed by atoms with Gasteiger partial charge in [0.05, 0.1) is 0 Å². The van der Waals surface area contributed by atoms with E-state index in [1.807, 2.05) is 12.2 Å². The van der Waals surface area contributed by atoms with Gasteiger partial charge in [0.25, 0.3) is 0 Å². The van der Waals surface area contributed by atoms with Crippen molar-refractivity contribution in [3.63, 3.8) is 0 Å². The Kier molecular flexibility index (Phi) is 10.7. The molecular formula is C41H44Zr. The van der Waals surface area contributed by atoms with Crippen LogP contribution in [0.1, 0.15) is 93.8 Å². The largest absolute Gasteiger partial charge is 0.273 e. The number of hydrogen-bond acceptors (Lipinski definition) is 0. The van der Waals surface area contributed by atoms with E-state index < -0.39 is 0 Å². The molecule has 6 rings (SSSR count). The Morgan fingerprint density at radius 3 is 1.95 bits per heavy atom. The zero-order valence-corrected chi connectivity index (χ0v) is 28.9. The van der Waals surface area contributed by atoms with Crippen molar-refractivity contribution < 1.29 is 24.2 Å². The van der Waals surface area contributed by atoms with Crippen LogP contribution in [0.15, 0.2) is 103 Å². The van der Waals surface area contributed by atoms with Gasteiger partial charge >= 0.3 is 112 Å². The van der Waals surface area contributed by atoms with Crippen LogP contribution in [-0.4, -0.2) is 3.21 Å². The van der Waals surface area contributed by atoms with Crippen molar-refractivity contribution in [1.82, 2.24) is 0 Å². The second-order valence-corrected chi connectivity index (χ2v) is 14.4. The predicted molar refractivity (Wildman–Crippen MR) is 178 cm³/mol. The molecule has 2 aliphatic rings. The first-order chi connectivity index (χ1) is 20.0. The molecule has 0 N–H and O–H groups in total. The van der Waals surface area contributed by atoms with E-state index in [0.717, 1.165) is 19.3 Å². The average molecular weight is 628 g/mol. The summed E-state index contributed by atoms with van der Waals surface area (Å²) >= 11 is 1.47. The SMILES string of the molecule is CC(C)(C)c1c[c-]c2c(c1)-c1cc(C(C)(C)C)ccc1C2.CCc1ccc([C](=[Zr+2])c2ccccc2)cc1.[C-]1=CC=CC1. The van der Waals surface area contributed by atoms with E-state index in [4.69, 9.17) is 0 Å². The van der Waals surface area contributed by atoms with E-state index >= 15 is 0 Å². The van der Waals surface area contributed by atoms with Gasteiger partial charge in [-0.3, -0.25) is 6.08 Å². The number of rotatable bonds is 3. The van der Waals surface area contributed by atoms with Gasteiger partial charge in [-0.25, -0.2) is 12.2 Å². The summed E-state index contributed by atoms with van der Waals surface area (Å²) in [4.78, 5) is 0. The zero-order valence-electron chi connectivity index (χ0n) is 26.4. The fourth-order valence-electron chi connectivity index (χ4n) is 5.00. The van der Waals surface area contributed by atoms with E-state index in [0.29, 0.717) is 0 Å². The third-order valence-electron chi connectivity index (χ3n) is 7.83. The summed E-state index contributed by atoms with van der Waals surface area (Å²) in [5.41, 5.74) is 12.9. The molecule has 0 atom stereocenters. The molecule has 4 aromatic rings. The molecule has 0 saturated carbocycles. The molecular weight excluding hydrogens is 584 g/mol. The minimum atomic E-state index is 0.177. The summed E-state index contributed by atoms with van der Waals surface area (Å²) < 4.78 is 1.43. The molecule has 0 spiro atoms. The molecule has 0 amide bonds. The van der Waals surface area contributed by atoms with Crippen LogP contribution in [0.25, 0.3) is 11.1 Å². The normalized spacial score (nSPS) is 13.0. The maximum atomic E-state index is 3.53. The molecule has 4 aromatic carbocycles. The van der Waals surface area contributed by atoms with E-state index in [1.165, 1.54) is 77.5 Å². The number of aryl methyl sites for hydroxylation is 1. The monoisotopic (exact) mass is 626 g/mol. The molecule has 42 heavy (non-hydrogen) atoms. The molecule has 0 nitrogen and oxygen atoms in total. The third kappa shape index (κ3) is 8.35. The van der Waals surface area contributed by atoms with E-state index in [-0.39, 0.29) is 10.8 Å². The fourth-order valence-corrected chi connectivity index (χ4v) is 5.82. The topological polar surface area (TPSA) is 0 Å². The standard InChI is InChI=1S/C21H25.C15H14.C5H5.Zr/c1-20(2,3)16-9-7-14-11-15-8-10-17(21(4,5)6)13-19(15)18(14)12-16;1-2-13-8-10-15(11-9-13)12-14-6-4-3-5-7-14;1-2-4-5-3-1;/h7,9-10,12-13H,11H2,1-6H3;3-11H,2H2,1H3;1-3H,4H2;/q-1;;-1;+2. The van der Waals surface area contributed by atoms with Crippen LogP contribution in [-0.2, 0) is 47.9 Å². The molecule has 0 aromatic heterocycles. The molecule has 0 fully saturated rings. The maximum Gasteiger partial charge on any atom is -0.109 e. The first-order valence-corrected chi connectivity index (χ1v) is 16.3. The van der Waals surface area contributed by atoms with Crippen LogP contribution in [0.3, 0.4) is 0 Å². The van der Waals surface area contributed by atoms with E-state index in [9.17, 15) is 0 Å². The number of fused-ring (bicyclic) bond motifs is 3. The van der Waals surface area contributed by atoms with Crippen molar-refractivity contribution in [1.29, 1.82) is 0 Å². The van der Waals surface area contributed by atoms with Crippen LogP contribution in [0, 0.1) is 12.1 Å². The van der Waals surface area contributed by atoms with Crippen molar-refractivity contribution in [3.8, 4) is 11.1 Å². The van der Waals surface area contributed by atoms with Crippen LogP contribution in [0.2, 0.25) is 0 Å². The van der Waals surface area contributed by atoms with Gasteiger partial charge < -0.3 is 0 Å².